The average molecular weight is 235 g/mol. The molecule has 0 saturated heterocycles. The summed E-state index contributed by atoms with van der Waals surface area (Å²) in [5.74, 6) is -0.0244. The Morgan fingerprint density at radius 2 is 1.76 bits per heavy atom. The highest BCUT2D eigenvalue weighted by atomic mass is 16.5. The van der Waals surface area contributed by atoms with Crippen molar-refractivity contribution in [2.75, 3.05) is 18.6 Å². The van der Waals surface area contributed by atoms with Crippen LogP contribution in [0.3, 0.4) is 0 Å². The predicted molar refractivity (Wildman–Crippen MR) is 70.4 cm³/mol. The smallest absolute Gasteiger partial charge is 0.252 e. The minimum atomic E-state index is -0.0244. The second kappa shape index (κ2) is 5.82. The molecule has 3 heteroatoms. The van der Waals surface area contributed by atoms with Gasteiger partial charge in [-0.05, 0) is 51.0 Å². The molecule has 0 aromatic heterocycles. The summed E-state index contributed by atoms with van der Waals surface area (Å²) < 4.78 is 5.32. The van der Waals surface area contributed by atoms with Crippen LogP contribution in [0.1, 0.15) is 25.0 Å². The number of carbonyl (C=O) groups excluding carboxylic acids is 1. The maximum absolute atomic E-state index is 11.9. The van der Waals surface area contributed by atoms with Gasteiger partial charge in [-0.15, -0.1) is 0 Å². The monoisotopic (exact) mass is 235 g/mol. The number of anilines is 1. The first-order valence-electron chi connectivity index (χ1n) is 5.86. The quantitative estimate of drug-likeness (QED) is 0.803. The van der Waals surface area contributed by atoms with Gasteiger partial charge in [-0.25, -0.2) is 0 Å². The summed E-state index contributed by atoms with van der Waals surface area (Å²) in [6.45, 7) is 8.02. The fourth-order valence-electron chi connectivity index (χ4n) is 1.62. The van der Waals surface area contributed by atoms with E-state index in [1.54, 1.807) is 11.9 Å². The van der Waals surface area contributed by atoms with E-state index in [0.717, 1.165) is 16.8 Å². The predicted octanol–water partition coefficient (Wildman–Crippen LogP) is 2.69. The lowest BCUT2D eigenvalue weighted by Crippen LogP contribution is -2.31. The molecule has 0 saturated carbocycles. The molecule has 0 aliphatic rings. The van der Waals surface area contributed by atoms with Gasteiger partial charge in [0.1, 0.15) is 6.61 Å². The van der Waals surface area contributed by atoms with Crippen molar-refractivity contribution in [2.45, 2.75) is 33.8 Å². The molecule has 0 aliphatic heterocycles. The Morgan fingerprint density at radius 1 is 1.24 bits per heavy atom. The minimum Gasteiger partial charge on any atom is -0.369 e. The summed E-state index contributed by atoms with van der Waals surface area (Å²) in [5.41, 5.74) is 3.23. The SMILES string of the molecule is Cc1cc(C)cc(N(C)C(=O)COC(C)C)c1. The van der Waals surface area contributed by atoms with Crippen molar-refractivity contribution in [3.63, 3.8) is 0 Å². The van der Waals surface area contributed by atoms with Gasteiger partial charge in [-0.2, -0.15) is 0 Å². The second-order valence-corrected chi connectivity index (χ2v) is 4.66. The molecule has 1 aromatic rings. The van der Waals surface area contributed by atoms with Crippen LogP contribution in [0.4, 0.5) is 5.69 Å². The number of carbonyl (C=O) groups is 1. The molecule has 0 radical (unpaired) electrons. The highest BCUT2D eigenvalue weighted by Gasteiger charge is 2.12. The van der Waals surface area contributed by atoms with E-state index in [9.17, 15) is 4.79 Å². The number of hydrogen-bond acceptors (Lipinski definition) is 2. The molecule has 0 unspecified atom stereocenters. The fraction of sp³-hybridized carbons (Fsp3) is 0.500. The molecular weight excluding hydrogens is 214 g/mol. The first kappa shape index (κ1) is 13.7. The zero-order valence-corrected chi connectivity index (χ0v) is 11.3. The van der Waals surface area contributed by atoms with E-state index in [4.69, 9.17) is 4.74 Å². The van der Waals surface area contributed by atoms with Crippen molar-refractivity contribution in [1.82, 2.24) is 0 Å². The third-order valence-corrected chi connectivity index (χ3v) is 2.51. The Kier molecular flexibility index (Phi) is 4.70. The van der Waals surface area contributed by atoms with Crippen LogP contribution in [0.2, 0.25) is 0 Å². The van der Waals surface area contributed by atoms with Gasteiger partial charge in [0.2, 0.25) is 0 Å². The molecule has 0 spiro atoms. The van der Waals surface area contributed by atoms with E-state index >= 15 is 0 Å². The molecule has 1 amide bonds. The number of ether oxygens (including phenoxy) is 1. The van der Waals surface area contributed by atoms with Crippen molar-refractivity contribution >= 4 is 11.6 Å². The second-order valence-electron chi connectivity index (χ2n) is 4.66. The Morgan fingerprint density at radius 3 is 2.24 bits per heavy atom. The molecule has 3 nitrogen and oxygen atoms in total. The maximum Gasteiger partial charge on any atom is 0.252 e. The van der Waals surface area contributed by atoms with Crippen LogP contribution in [0.5, 0.6) is 0 Å². The third kappa shape index (κ3) is 4.19. The van der Waals surface area contributed by atoms with Gasteiger partial charge in [-0.1, -0.05) is 6.07 Å². The van der Waals surface area contributed by atoms with E-state index in [2.05, 4.69) is 6.07 Å². The third-order valence-electron chi connectivity index (χ3n) is 2.51. The molecule has 0 atom stereocenters. The van der Waals surface area contributed by atoms with E-state index in [0.29, 0.717) is 0 Å². The molecule has 0 N–H and O–H groups in total. The number of rotatable bonds is 4. The average Bonchev–Trinajstić information content (AvgIpc) is 2.23. The molecule has 0 fully saturated rings. The van der Waals surface area contributed by atoms with Gasteiger partial charge < -0.3 is 9.64 Å². The number of aryl methyl sites for hydroxylation is 2. The van der Waals surface area contributed by atoms with Crippen LogP contribution in [-0.2, 0) is 9.53 Å². The number of hydrogen-bond donors (Lipinski definition) is 0. The van der Waals surface area contributed by atoms with Crippen molar-refractivity contribution in [1.29, 1.82) is 0 Å². The van der Waals surface area contributed by atoms with Crippen LogP contribution < -0.4 is 4.90 Å². The largest absolute Gasteiger partial charge is 0.369 e. The zero-order chi connectivity index (χ0) is 13.0. The summed E-state index contributed by atoms with van der Waals surface area (Å²) in [5, 5.41) is 0. The van der Waals surface area contributed by atoms with Gasteiger partial charge in [0.15, 0.2) is 0 Å². The zero-order valence-electron chi connectivity index (χ0n) is 11.3. The van der Waals surface area contributed by atoms with Crippen molar-refractivity contribution in [3.05, 3.63) is 29.3 Å². The van der Waals surface area contributed by atoms with Gasteiger partial charge >= 0.3 is 0 Å². The van der Waals surface area contributed by atoms with Gasteiger partial charge in [0, 0.05) is 12.7 Å². The van der Waals surface area contributed by atoms with Gasteiger partial charge in [0.25, 0.3) is 5.91 Å². The lowest BCUT2D eigenvalue weighted by molar-refractivity contribution is -0.124. The lowest BCUT2D eigenvalue weighted by atomic mass is 10.1. The Bertz CT molecular complexity index is 379. The van der Waals surface area contributed by atoms with E-state index in [-0.39, 0.29) is 18.6 Å². The highest BCUT2D eigenvalue weighted by Crippen LogP contribution is 2.17. The first-order valence-corrected chi connectivity index (χ1v) is 5.86. The molecule has 17 heavy (non-hydrogen) atoms. The van der Waals surface area contributed by atoms with Crippen LogP contribution in [0.15, 0.2) is 18.2 Å². The summed E-state index contributed by atoms with van der Waals surface area (Å²) in [6.07, 6.45) is 0.0756. The molecule has 0 aliphatic carbocycles. The van der Waals surface area contributed by atoms with Crippen molar-refractivity contribution in [2.24, 2.45) is 0 Å². The fourth-order valence-corrected chi connectivity index (χ4v) is 1.62. The topological polar surface area (TPSA) is 29.5 Å². The molecule has 0 bridgehead atoms. The number of amides is 1. The van der Waals surface area contributed by atoms with Gasteiger partial charge in [0.05, 0.1) is 6.10 Å². The lowest BCUT2D eigenvalue weighted by Gasteiger charge is -2.19. The molecular formula is C14H21NO2. The summed E-state index contributed by atoms with van der Waals surface area (Å²) in [7, 11) is 1.78. The highest BCUT2D eigenvalue weighted by molar-refractivity contribution is 5.93. The molecule has 1 aromatic carbocycles. The van der Waals surface area contributed by atoms with Crippen LogP contribution in [0, 0.1) is 13.8 Å². The van der Waals surface area contributed by atoms with Crippen LogP contribution in [0.25, 0.3) is 0 Å². The van der Waals surface area contributed by atoms with E-state index in [1.807, 2.05) is 39.8 Å². The number of benzene rings is 1. The van der Waals surface area contributed by atoms with E-state index in [1.165, 1.54) is 0 Å². The summed E-state index contributed by atoms with van der Waals surface area (Å²) in [4.78, 5) is 13.5. The van der Waals surface area contributed by atoms with Crippen molar-refractivity contribution in [3.8, 4) is 0 Å². The number of nitrogens with zero attached hydrogens (tertiary/aromatic N) is 1. The van der Waals surface area contributed by atoms with Crippen molar-refractivity contribution < 1.29 is 9.53 Å². The summed E-state index contributed by atoms with van der Waals surface area (Å²) in [6, 6.07) is 6.09. The van der Waals surface area contributed by atoms with Crippen LogP contribution >= 0.6 is 0 Å². The standard InChI is InChI=1S/C14H21NO2/c1-10(2)17-9-14(16)15(5)13-7-11(3)6-12(4)8-13/h6-8,10H,9H2,1-5H3. The minimum absolute atomic E-state index is 0.0244. The van der Waals surface area contributed by atoms with Crippen LogP contribution in [-0.4, -0.2) is 25.7 Å². The molecule has 94 valence electrons. The molecule has 1 rings (SSSR count). The Labute approximate surface area is 103 Å². The first-order chi connectivity index (χ1) is 7.90. The van der Waals surface area contributed by atoms with E-state index < -0.39 is 0 Å². The van der Waals surface area contributed by atoms with Gasteiger partial charge in [-0.3, -0.25) is 4.79 Å². The Balaban J connectivity index is 2.74. The maximum atomic E-state index is 11.9. The summed E-state index contributed by atoms with van der Waals surface area (Å²) >= 11 is 0. The molecule has 0 heterocycles. The Hall–Kier alpha value is -1.35. The normalized spacial score (nSPS) is 10.7. The number of likely N-dealkylation sites (N-methyl/N-ethyl adjacent to an activating group) is 1.